The first-order chi connectivity index (χ1) is 9.69. The summed E-state index contributed by atoms with van der Waals surface area (Å²) >= 11 is 3.39. The lowest BCUT2D eigenvalue weighted by Crippen LogP contribution is -2.08. The zero-order valence-electron chi connectivity index (χ0n) is 10.9. The van der Waals surface area contributed by atoms with Crippen LogP contribution in [0.25, 0.3) is 11.3 Å². The smallest absolute Gasteiger partial charge is 0.356 e. The van der Waals surface area contributed by atoms with Gasteiger partial charge in [-0.3, -0.25) is 0 Å². The molecule has 0 aliphatic heterocycles. The molecular formula is C14H13BrN2O3. The standard InChI is InChI=1S/C14H13BrN2O3/c1-19-14(18)10-6-5-9(7-16-10)11-12(15)20-13(17-11)8-3-2-4-8/h5-8H,2-4H2,1H3. The molecule has 0 amide bonds. The number of oxazole rings is 1. The molecule has 0 atom stereocenters. The molecule has 5 nitrogen and oxygen atoms in total. The van der Waals surface area contributed by atoms with E-state index in [-0.39, 0.29) is 5.69 Å². The highest BCUT2D eigenvalue weighted by atomic mass is 79.9. The maximum Gasteiger partial charge on any atom is 0.356 e. The maximum atomic E-state index is 11.3. The molecule has 1 saturated carbocycles. The SMILES string of the molecule is COC(=O)c1ccc(-c2nc(C3CCC3)oc2Br)cn1. The molecule has 3 rings (SSSR count). The summed E-state index contributed by atoms with van der Waals surface area (Å²) in [5.74, 6) is 0.753. The number of ether oxygens (including phenoxy) is 1. The lowest BCUT2D eigenvalue weighted by Gasteiger charge is -2.21. The van der Waals surface area contributed by atoms with Crippen molar-refractivity contribution in [2.45, 2.75) is 25.2 Å². The number of carbonyl (C=O) groups excluding carboxylic acids is 1. The lowest BCUT2D eigenvalue weighted by molar-refractivity contribution is 0.0594. The van der Waals surface area contributed by atoms with Crippen LogP contribution < -0.4 is 0 Å². The predicted octanol–water partition coefficient (Wildman–Crippen LogP) is 3.55. The minimum atomic E-state index is -0.453. The van der Waals surface area contributed by atoms with Crippen molar-refractivity contribution in [1.29, 1.82) is 0 Å². The van der Waals surface area contributed by atoms with Crippen LogP contribution in [-0.2, 0) is 4.74 Å². The number of halogens is 1. The van der Waals surface area contributed by atoms with E-state index < -0.39 is 5.97 Å². The Bertz CT molecular complexity index is 632. The van der Waals surface area contributed by atoms with Crippen LogP contribution in [0.4, 0.5) is 0 Å². The van der Waals surface area contributed by atoms with Gasteiger partial charge in [0.1, 0.15) is 11.4 Å². The molecule has 1 aliphatic carbocycles. The molecule has 104 valence electrons. The van der Waals surface area contributed by atoms with Crippen molar-refractivity contribution in [3.63, 3.8) is 0 Å². The van der Waals surface area contributed by atoms with Gasteiger partial charge in [0.15, 0.2) is 10.6 Å². The summed E-state index contributed by atoms with van der Waals surface area (Å²) in [6.07, 6.45) is 5.09. The van der Waals surface area contributed by atoms with Crippen LogP contribution in [0, 0.1) is 0 Å². The number of hydrogen-bond donors (Lipinski definition) is 0. The Morgan fingerprint density at radius 2 is 2.25 bits per heavy atom. The number of carbonyl (C=O) groups is 1. The van der Waals surface area contributed by atoms with Crippen molar-refractivity contribution in [3.8, 4) is 11.3 Å². The first-order valence-electron chi connectivity index (χ1n) is 6.40. The number of pyridine rings is 1. The van der Waals surface area contributed by atoms with Gasteiger partial charge in [-0.2, -0.15) is 0 Å². The van der Waals surface area contributed by atoms with Gasteiger partial charge in [0.05, 0.1) is 7.11 Å². The molecule has 6 heteroatoms. The largest absolute Gasteiger partial charge is 0.464 e. The van der Waals surface area contributed by atoms with Gasteiger partial charge in [-0.05, 0) is 40.9 Å². The van der Waals surface area contributed by atoms with Crippen LogP contribution >= 0.6 is 15.9 Å². The lowest BCUT2D eigenvalue weighted by atomic mass is 9.85. The zero-order valence-corrected chi connectivity index (χ0v) is 12.5. The molecule has 2 aromatic rings. The number of esters is 1. The van der Waals surface area contributed by atoms with E-state index in [0.717, 1.165) is 30.0 Å². The highest BCUT2D eigenvalue weighted by Crippen LogP contribution is 2.39. The van der Waals surface area contributed by atoms with Gasteiger partial charge < -0.3 is 9.15 Å². The summed E-state index contributed by atoms with van der Waals surface area (Å²) < 4.78 is 10.9. The molecule has 0 aromatic carbocycles. The van der Waals surface area contributed by atoms with E-state index in [4.69, 9.17) is 4.42 Å². The molecule has 0 radical (unpaired) electrons. The minimum Gasteiger partial charge on any atom is -0.464 e. The van der Waals surface area contributed by atoms with E-state index in [1.807, 2.05) is 0 Å². The predicted molar refractivity (Wildman–Crippen MR) is 75.4 cm³/mol. The molecule has 0 spiro atoms. The molecule has 0 saturated heterocycles. The van der Waals surface area contributed by atoms with Gasteiger partial charge in [-0.15, -0.1) is 0 Å². The summed E-state index contributed by atoms with van der Waals surface area (Å²) in [5.41, 5.74) is 1.80. The van der Waals surface area contributed by atoms with E-state index >= 15 is 0 Å². The zero-order chi connectivity index (χ0) is 14.1. The van der Waals surface area contributed by atoms with Crippen LogP contribution in [0.15, 0.2) is 27.4 Å². The third-order valence-electron chi connectivity index (χ3n) is 3.49. The van der Waals surface area contributed by atoms with Gasteiger partial charge in [-0.1, -0.05) is 6.42 Å². The molecule has 2 aromatic heterocycles. The fourth-order valence-corrected chi connectivity index (χ4v) is 2.57. The Balaban J connectivity index is 1.88. The quantitative estimate of drug-likeness (QED) is 0.802. The van der Waals surface area contributed by atoms with Crippen molar-refractivity contribution in [3.05, 3.63) is 34.6 Å². The molecule has 0 bridgehead atoms. The average Bonchev–Trinajstić information content (AvgIpc) is 2.77. The van der Waals surface area contributed by atoms with Gasteiger partial charge in [0.2, 0.25) is 0 Å². The average molecular weight is 337 g/mol. The molecule has 1 aliphatic rings. The molecule has 1 fully saturated rings. The summed E-state index contributed by atoms with van der Waals surface area (Å²) in [4.78, 5) is 19.9. The first-order valence-corrected chi connectivity index (χ1v) is 7.19. The fraction of sp³-hybridized carbons (Fsp3) is 0.357. The fourth-order valence-electron chi connectivity index (χ4n) is 2.08. The topological polar surface area (TPSA) is 65.2 Å². The minimum absolute atomic E-state index is 0.273. The van der Waals surface area contributed by atoms with Crippen LogP contribution in [-0.4, -0.2) is 23.0 Å². The number of rotatable bonds is 3. The molecular weight excluding hydrogens is 324 g/mol. The maximum absolute atomic E-state index is 11.3. The van der Waals surface area contributed by atoms with E-state index in [1.54, 1.807) is 18.3 Å². The summed E-state index contributed by atoms with van der Waals surface area (Å²) in [6, 6.07) is 3.40. The summed E-state index contributed by atoms with van der Waals surface area (Å²) in [7, 11) is 1.33. The van der Waals surface area contributed by atoms with Crippen LogP contribution in [0.5, 0.6) is 0 Å². The summed E-state index contributed by atoms with van der Waals surface area (Å²) in [5, 5.41) is 0. The Morgan fingerprint density at radius 1 is 1.45 bits per heavy atom. The van der Waals surface area contributed by atoms with E-state index in [2.05, 4.69) is 30.6 Å². The van der Waals surface area contributed by atoms with Crippen molar-refractivity contribution in [2.24, 2.45) is 0 Å². The Hall–Kier alpha value is -1.69. The molecule has 2 heterocycles. The van der Waals surface area contributed by atoms with Crippen LogP contribution in [0.2, 0.25) is 0 Å². The van der Waals surface area contributed by atoms with Crippen molar-refractivity contribution in [1.82, 2.24) is 9.97 Å². The molecule has 0 N–H and O–H groups in total. The first kappa shape index (κ1) is 13.3. The number of hydrogen-bond acceptors (Lipinski definition) is 5. The van der Waals surface area contributed by atoms with Gasteiger partial charge in [0, 0.05) is 17.7 Å². The number of nitrogens with zero attached hydrogens (tertiary/aromatic N) is 2. The van der Waals surface area contributed by atoms with Crippen molar-refractivity contribution in [2.75, 3.05) is 7.11 Å². The third kappa shape index (κ3) is 2.35. The van der Waals surface area contributed by atoms with Gasteiger partial charge in [-0.25, -0.2) is 14.8 Å². The Kier molecular flexibility index (Phi) is 3.56. The molecule has 0 unspecified atom stereocenters. The highest BCUT2D eigenvalue weighted by molar-refractivity contribution is 9.10. The summed E-state index contributed by atoms with van der Waals surface area (Å²) in [6.45, 7) is 0. The Labute approximate surface area is 124 Å². The Morgan fingerprint density at radius 3 is 2.80 bits per heavy atom. The number of methoxy groups -OCH3 is 1. The second kappa shape index (κ2) is 5.36. The molecule has 20 heavy (non-hydrogen) atoms. The highest BCUT2D eigenvalue weighted by Gasteiger charge is 2.26. The second-order valence-electron chi connectivity index (χ2n) is 4.73. The van der Waals surface area contributed by atoms with Crippen molar-refractivity contribution >= 4 is 21.9 Å². The van der Waals surface area contributed by atoms with Crippen molar-refractivity contribution < 1.29 is 13.9 Å². The second-order valence-corrected chi connectivity index (χ2v) is 5.45. The third-order valence-corrected chi connectivity index (χ3v) is 4.03. The number of aromatic nitrogens is 2. The van der Waals surface area contributed by atoms with Crippen LogP contribution in [0.3, 0.4) is 0 Å². The van der Waals surface area contributed by atoms with E-state index in [9.17, 15) is 4.79 Å². The normalized spacial score (nSPS) is 14.9. The van der Waals surface area contributed by atoms with Gasteiger partial charge >= 0.3 is 5.97 Å². The van der Waals surface area contributed by atoms with Gasteiger partial charge in [0.25, 0.3) is 0 Å². The van der Waals surface area contributed by atoms with E-state index in [1.165, 1.54) is 13.5 Å². The van der Waals surface area contributed by atoms with Crippen LogP contribution in [0.1, 0.15) is 41.6 Å². The monoisotopic (exact) mass is 336 g/mol. The van der Waals surface area contributed by atoms with E-state index in [0.29, 0.717) is 10.6 Å².